The first-order valence-corrected chi connectivity index (χ1v) is 8.62. The summed E-state index contributed by atoms with van der Waals surface area (Å²) >= 11 is 3.44. The molecular weight excluding hydrogens is 364 g/mol. The van der Waals surface area contributed by atoms with Gasteiger partial charge in [0.15, 0.2) is 5.78 Å². The summed E-state index contributed by atoms with van der Waals surface area (Å²) in [5, 5.41) is 0. The number of ketones is 1. The minimum atomic E-state index is 0.0447. The number of rotatable bonds is 4. The van der Waals surface area contributed by atoms with Gasteiger partial charge in [0.1, 0.15) is 12.2 Å². The number of carbonyl (C=O) groups excluding carboxylic acids is 1. The molecule has 0 aliphatic carbocycles. The third-order valence-corrected chi connectivity index (χ3v) is 4.76. The topological polar surface area (TPSA) is 29.6 Å². The Morgan fingerprint density at radius 1 is 0.708 bits per heavy atom. The molecule has 1 heterocycles. The zero-order valence-electron chi connectivity index (χ0n) is 12.9. The van der Waals surface area contributed by atoms with Crippen molar-refractivity contribution in [2.45, 2.75) is 12.2 Å². The second-order valence-corrected chi connectivity index (χ2v) is 6.76. The number of carbonyl (C=O) groups is 1. The van der Waals surface area contributed by atoms with Crippen LogP contribution >= 0.6 is 15.9 Å². The van der Waals surface area contributed by atoms with E-state index >= 15 is 0 Å². The molecule has 1 aliphatic rings. The van der Waals surface area contributed by atoms with Gasteiger partial charge in [0, 0.05) is 15.6 Å². The summed E-state index contributed by atoms with van der Waals surface area (Å²) in [6.45, 7) is 0. The average molecular weight is 379 g/mol. The van der Waals surface area contributed by atoms with Gasteiger partial charge in [-0.3, -0.25) is 4.79 Å². The van der Waals surface area contributed by atoms with Gasteiger partial charge in [-0.1, -0.05) is 82.7 Å². The molecule has 3 heteroatoms. The van der Waals surface area contributed by atoms with E-state index in [-0.39, 0.29) is 18.0 Å². The summed E-state index contributed by atoms with van der Waals surface area (Å²) in [6.07, 6.45) is 0.181. The van der Waals surface area contributed by atoms with E-state index in [1.807, 2.05) is 66.7 Å². The van der Waals surface area contributed by atoms with Crippen LogP contribution < -0.4 is 0 Å². The Kier molecular flexibility index (Phi) is 4.05. The lowest BCUT2D eigenvalue weighted by atomic mass is 9.99. The molecule has 118 valence electrons. The first-order chi connectivity index (χ1) is 11.7. The van der Waals surface area contributed by atoms with E-state index in [9.17, 15) is 4.79 Å². The van der Waals surface area contributed by atoms with Crippen LogP contribution in [0.25, 0.3) is 0 Å². The van der Waals surface area contributed by atoms with Crippen LogP contribution in [-0.2, 0) is 4.74 Å². The summed E-state index contributed by atoms with van der Waals surface area (Å²) in [5.41, 5.74) is 3.69. The van der Waals surface area contributed by atoms with Crippen molar-refractivity contribution in [3.8, 4) is 0 Å². The molecule has 0 saturated carbocycles. The van der Waals surface area contributed by atoms with E-state index in [0.717, 1.165) is 10.0 Å². The minimum Gasteiger partial charge on any atom is -0.359 e. The fourth-order valence-electron chi connectivity index (χ4n) is 2.85. The number of ether oxygens (including phenoxy) is 1. The highest BCUT2D eigenvalue weighted by Crippen LogP contribution is 2.50. The zero-order valence-corrected chi connectivity index (χ0v) is 14.4. The molecular formula is C21H15BrO2. The zero-order chi connectivity index (χ0) is 16.5. The van der Waals surface area contributed by atoms with Crippen molar-refractivity contribution in [1.29, 1.82) is 0 Å². The lowest BCUT2D eigenvalue weighted by Crippen LogP contribution is -2.00. The Morgan fingerprint density at radius 3 is 1.79 bits per heavy atom. The van der Waals surface area contributed by atoms with Gasteiger partial charge in [0.25, 0.3) is 0 Å². The molecule has 1 aliphatic heterocycles. The Bertz CT molecular complexity index is 855. The van der Waals surface area contributed by atoms with E-state index in [4.69, 9.17) is 4.74 Å². The number of epoxide rings is 1. The predicted molar refractivity (Wildman–Crippen MR) is 97.0 cm³/mol. The molecule has 0 amide bonds. The molecule has 0 spiro atoms. The summed E-state index contributed by atoms with van der Waals surface area (Å²) in [6, 6.07) is 25.3. The van der Waals surface area contributed by atoms with Gasteiger partial charge >= 0.3 is 0 Å². The first kappa shape index (κ1) is 15.3. The number of benzene rings is 3. The van der Waals surface area contributed by atoms with Crippen molar-refractivity contribution in [1.82, 2.24) is 0 Å². The monoisotopic (exact) mass is 378 g/mol. The Labute approximate surface area is 149 Å². The van der Waals surface area contributed by atoms with Gasteiger partial charge < -0.3 is 4.74 Å². The van der Waals surface area contributed by atoms with Gasteiger partial charge in [0.2, 0.25) is 0 Å². The highest BCUT2D eigenvalue weighted by atomic mass is 79.9. The largest absolute Gasteiger partial charge is 0.359 e. The third kappa shape index (κ3) is 3.05. The van der Waals surface area contributed by atoms with Gasteiger partial charge in [0.05, 0.1) is 0 Å². The molecule has 3 aromatic carbocycles. The molecule has 2 nitrogen and oxygen atoms in total. The Balaban J connectivity index is 1.49. The van der Waals surface area contributed by atoms with Crippen molar-refractivity contribution in [3.63, 3.8) is 0 Å². The quantitative estimate of drug-likeness (QED) is 0.443. The maximum absolute atomic E-state index is 12.4. The normalized spacial score (nSPS) is 19.0. The van der Waals surface area contributed by atoms with Crippen LogP contribution in [0.4, 0.5) is 0 Å². The second-order valence-electron chi connectivity index (χ2n) is 5.85. The molecule has 1 saturated heterocycles. The molecule has 2 unspecified atom stereocenters. The molecule has 24 heavy (non-hydrogen) atoms. The number of halogens is 1. The summed E-state index contributed by atoms with van der Waals surface area (Å²) in [5.74, 6) is 0.0447. The molecule has 1 fully saturated rings. The van der Waals surface area contributed by atoms with Crippen LogP contribution in [0.5, 0.6) is 0 Å². The van der Waals surface area contributed by atoms with E-state index < -0.39 is 0 Å². The van der Waals surface area contributed by atoms with Crippen LogP contribution in [0, 0.1) is 0 Å². The first-order valence-electron chi connectivity index (χ1n) is 7.83. The predicted octanol–water partition coefficient (Wildman–Crippen LogP) is 5.49. The SMILES string of the molecule is O=C(c1ccccc1)c1ccc(C2OC2c2ccc(Br)cc2)cc1. The molecule has 2 atom stereocenters. The Morgan fingerprint density at radius 2 is 1.21 bits per heavy atom. The summed E-state index contributed by atoms with van der Waals surface area (Å²) in [4.78, 5) is 12.4. The molecule has 4 rings (SSSR count). The average Bonchev–Trinajstić information content (AvgIpc) is 3.43. The van der Waals surface area contributed by atoms with Crippen molar-refractivity contribution < 1.29 is 9.53 Å². The highest BCUT2D eigenvalue weighted by molar-refractivity contribution is 9.10. The van der Waals surface area contributed by atoms with E-state index in [2.05, 4.69) is 28.1 Å². The molecule has 0 aromatic heterocycles. The minimum absolute atomic E-state index is 0.0447. The maximum atomic E-state index is 12.4. The van der Waals surface area contributed by atoms with Gasteiger partial charge in [-0.15, -0.1) is 0 Å². The van der Waals surface area contributed by atoms with E-state index in [0.29, 0.717) is 11.1 Å². The van der Waals surface area contributed by atoms with Crippen molar-refractivity contribution in [3.05, 3.63) is 106 Å². The lowest BCUT2D eigenvalue weighted by molar-refractivity contribution is 0.103. The van der Waals surface area contributed by atoms with Gasteiger partial charge in [-0.2, -0.15) is 0 Å². The molecule has 0 bridgehead atoms. The molecule has 3 aromatic rings. The van der Waals surface area contributed by atoms with Crippen molar-refractivity contribution in [2.24, 2.45) is 0 Å². The second kappa shape index (κ2) is 6.34. The van der Waals surface area contributed by atoms with Crippen molar-refractivity contribution in [2.75, 3.05) is 0 Å². The summed E-state index contributed by atoms with van der Waals surface area (Å²) in [7, 11) is 0. The van der Waals surface area contributed by atoms with Crippen LogP contribution in [0.3, 0.4) is 0 Å². The lowest BCUT2D eigenvalue weighted by Gasteiger charge is -2.03. The third-order valence-electron chi connectivity index (χ3n) is 4.23. The van der Waals surface area contributed by atoms with Gasteiger partial charge in [-0.05, 0) is 23.3 Å². The summed E-state index contributed by atoms with van der Waals surface area (Å²) < 4.78 is 6.88. The van der Waals surface area contributed by atoms with Crippen LogP contribution in [0.1, 0.15) is 39.3 Å². The maximum Gasteiger partial charge on any atom is 0.193 e. The van der Waals surface area contributed by atoms with Crippen LogP contribution in [0.2, 0.25) is 0 Å². The number of hydrogen-bond acceptors (Lipinski definition) is 2. The fourth-order valence-corrected chi connectivity index (χ4v) is 3.12. The van der Waals surface area contributed by atoms with E-state index in [1.54, 1.807) is 0 Å². The molecule has 0 radical (unpaired) electrons. The highest BCUT2D eigenvalue weighted by Gasteiger charge is 2.41. The fraction of sp³-hybridized carbons (Fsp3) is 0.0952. The smallest absolute Gasteiger partial charge is 0.193 e. The Hall–Kier alpha value is -2.23. The molecule has 0 N–H and O–H groups in total. The van der Waals surface area contributed by atoms with Crippen LogP contribution in [0.15, 0.2) is 83.3 Å². The van der Waals surface area contributed by atoms with E-state index in [1.165, 1.54) is 5.56 Å². The van der Waals surface area contributed by atoms with Crippen molar-refractivity contribution >= 4 is 21.7 Å². The number of hydrogen-bond donors (Lipinski definition) is 0. The van der Waals surface area contributed by atoms with Gasteiger partial charge in [-0.25, -0.2) is 0 Å². The van der Waals surface area contributed by atoms with Crippen LogP contribution in [-0.4, -0.2) is 5.78 Å². The standard InChI is InChI=1S/C21H15BrO2/c22-18-12-10-17(11-13-18)21-20(24-21)16-8-6-15(7-9-16)19(23)14-4-2-1-3-5-14/h1-13,20-21H.